The summed E-state index contributed by atoms with van der Waals surface area (Å²) in [6, 6.07) is 2.20. The zero-order valence-corrected chi connectivity index (χ0v) is 15.7. The second kappa shape index (κ2) is 7.73. The summed E-state index contributed by atoms with van der Waals surface area (Å²) in [5.41, 5.74) is 0.842. The van der Waals surface area contributed by atoms with Crippen molar-refractivity contribution in [2.24, 2.45) is 0 Å². The molecule has 1 atom stereocenters. The zero-order chi connectivity index (χ0) is 19.5. The molecule has 7 nitrogen and oxygen atoms in total. The van der Waals surface area contributed by atoms with Gasteiger partial charge >= 0.3 is 5.97 Å². The molecule has 0 bridgehead atoms. The average Bonchev–Trinajstić information content (AvgIpc) is 2.90. The molecule has 1 heterocycles. The number of aromatic nitrogens is 1. The molecule has 1 saturated carbocycles. The quantitative estimate of drug-likeness (QED) is 0.620. The van der Waals surface area contributed by atoms with Crippen molar-refractivity contribution in [2.75, 3.05) is 0 Å². The molecule has 1 aliphatic rings. The van der Waals surface area contributed by atoms with Crippen LogP contribution in [-0.4, -0.2) is 34.3 Å². The van der Waals surface area contributed by atoms with E-state index in [9.17, 15) is 19.6 Å². The first-order valence-electron chi connectivity index (χ1n) is 8.85. The summed E-state index contributed by atoms with van der Waals surface area (Å²) in [6.07, 6.45) is 2.99. The van der Waals surface area contributed by atoms with Crippen LogP contribution in [0, 0.1) is 25.2 Å². The normalized spacial score (nSPS) is 17.0. The molecular weight excluding hydrogens is 334 g/mol. The Morgan fingerprint density at radius 3 is 2.35 bits per heavy atom. The number of H-pyrrole nitrogens is 1. The fourth-order valence-electron chi connectivity index (χ4n) is 3.51. The summed E-state index contributed by atoms with van der Waals surface area (Å²) in [5.74, 6) is -1.33. The Labute approximate surface area is 153 Å². The predicted molar refractivity (Wildman–Crippen MR) is 94.7 cm³/mol. The van der Waals surface area contributed by atoms with E-state index in [0.717, 1.165) is 19.3 Å². The first-order chi connectivity index (χ1) is 12.2. The number of carbonyl (C=O) groups is 3. The number of ether oxygens (including phenoxy) is 1. The predicted octanol–water partition coefficient (Wildman–Crippen LogP) is 2.72. The molecule has 1 aliphatic carbocycles. The average molecular weight is 359 g/mol. The molecule has 0 unspecified atom stereocenters. The van der Waals surface area contributed by atoms with Crippen molar-refractivity contribution in [1.29, 1.82) is 5.26 Å². The van der Waals surface area contributed by atoms with Gasteiger partial charge in [-0.25, -0.2) is 4.79 Å². The monoisotopic (exact) mass is 359 g/mol. The lowest BCUT2D eigenvalue weighted by molar-refractivity contribution is -0.130. The van der Waals surface area contributed by atoms with E-state index in [0.29, 0.717) is 29.7 Å². The van der Waals surface area contributed by atoms with Gasteiger partial charge in [-0.1, -0.05) is 19.3 Å². The first-order valence-corrected chi connectivity index (χ1v) is 8.85. The van der Waals surface area contributed by atoms with Crippen LogP contribution in [0.5, 0.6) is 0 Å². The summed E-state index contributed by atoms with van der Waals surface area (Å²) in [5, 5.41) is 12.2. The van der Waals surface area contributed by atoms with Crippen molar-refractivity contribution in [2.45, 2.75) is 71.4 Å². The lowest BCUT2D eigenvalue weighted by Gasteiger charge is -2.32. The number of amides is 1. The number of hydrogen-bond donors (Lipinski definition) is 2. The summed E-state index contributed by atoms with van der Waals surface area (Å²) in [7, 11) is 0. The minimum absolute atomic E-state index is 0.144. The van der Waals surface area contributed by atoms with Gasteiger partial charge in [-0.15, -0.1) is 0 Å². The molecule has 7 heteroatoms. The Kier molecular flexibility index (Phi) is 5.86. The van der Waals surface area contributed by atoms with Gasteiger partial charge < -0.3 is 15.0 Å². The van der Waals surface area contributed by atoms with Crippen molar-refractivity contribution in [3.8, 4) is 6.07 Å². The molecule has 2 N–H and O–H groups in total. The summed E-state index contributed by atoms with van der Waals surface area (Å²) in [4.78, 5) is 39.3. The second-order valence-corrected chi connectivity index (χ2v) is 6.97. The fraction of sp³-hybridized carbons (Fsp3) is 0.579. The molecule has 0 aliphatic heterocycles. The second-order valence-electron chi connectivity index (χ2n) is 6.97. The Hall–Kier alpha value is -2.62. The summed E-state index contributed by atoms with van der Waals surface area (Å²) in [6.45, 7) is 6.27. The van der Waals surface area contributed by atoms with Crippen molar-refractivity contribution in [3.05, 3.63) is 22.5 Å². The first kappa shape index (κ1) is 19.7. The highest BCUT2D eigenvalue weighted by atomic mass is 16.5. The lowest BCUT2D eigenvalue weighted by atomic mass is 9.83. The molecule has 0 radical (unpaired) electrons. The van der Waals surface area contributed by atoms with Crippen molar-refractivity contribution in [3.63, 3.8) is 0 Å². The lowest BCUT2D eigenvalue weighted by Crippen LogP contribution is -2.52. The van der Waals surface area contributed by atoms with E-state index >= 15 is 0 Å². The third kappa shape index (κ3) is 3.96. The molecule has 1 amide bonds. The molecule has 2 rings (SSSR count). The number of esters is 1. The Morgan fingerprint density at radius 2 is 1.85 bits per heavy atom. The number of nitrogens with zero attached hydrogens (tertiary/aromatic N) is 1. The topological polar surface area (TPSA) is 112 Å². The van der Waals surface area contributed by atoms with Crippen molar-refractivity contribution < 1.29 is 19.1 Å². The van der Waals surface area contributed by atoms with Gasteiger partial charge in [0.15, 0.2) is 11.9 Å². The highest BCUT2D eigenvalue weighted by Crippen LogP contribution is 2.27. The van der Waals surface area contributed by atoms with Crippen LogP contribution in [0.2, 0.25) is 0 Å². The van der Waals surface area contributed by atoms with Crippen LogP contribution >= 0.6 is 0 Å². The molecule has 26 heavy (non-hydrogen) atoms. The van der Waals surface area contributed by atoms with Crippen LogP contribution in [0.15, 0.2) is 0 Å². The third-order valence-electron chi connectivity index (χ3n) is 4.93. The standard InChI is InChI=1S/C19H25N3O4/c1-11-15(13(3)23)12(2)21-16(11)18(25)26-14(4)17(24)22-19(10-20)8-6-5-7-9-19/h14,21H,5-9H2,1-4H3,(H,22,24)/t14-/m1/s1. The highest BCUT2D eigenvalue weighted by Gasteiger charge is 2.35. The number of Topliss-reactive ketones (excluding diaryl/α,β-unsaturated/α-hetero) is 1. The van der Waals surface area contributed by atoms with E-state index < -0.39 is 23.5 Å². The minimum Gasteiger partial charge on any atom is -0.448 e. The molecule has 0 aromatic carbocycles. The molecule has 140 valence electrons. The largest absolute Gasteiger partial charge is 0.448 e. The SMILES string of the molecule is CC(=O)c1c(C)[nH]c(C(=O)O[C@H](C)C(=O)NC2(C#N)CCCCC2)c1C. The van der Waals surface area contributed by atoms with Gasteiger partial charge in [-0.2, -0.15) is 5.26 Å². The molecule has 1 fully saturated rings. The molecule has 0 spiro atoms. The van der Waals surface area contributed by atoms with E-state index in [1.54, 1.807) is 13.8 Å². The van der Waals surface area contributed by atoms with E-state index in [1.165, 1.54) is 13.8 Å². The number of hydrogen-bond acceptors (Lipinski definition) is 5. The van der Waals surface area contributed by atoms with Crippen LogP contribution in [-0.2, 0) is 9.53 Å². The van der Waals surface area contributed by atoms with Crippen LogP contribution < -0.4 is 5.32 Å². The maximum absolute atomic E-state index is 12.4. The van der Waals surface area contributed by atoms with Crippen LogP contribution in [0.3, 0.4) is 0 Å². The van der Waals surface area contributed by atoms with E-state index in [-0.39, 0.29) is 11.5 Å². The van der Waals surface area contributed by atoms with Gasteiger partial charge in [-0.05, 0) is 46.1 Å². The molecule has 1 aromatic rings. The highest BCUT2D eigenvalue weighted by molar-refractivity contribution is 6.01. The van der Waals surface area contributed by atoms with Gasteiger partial charge in [-0.3, -0.25) is 9.59 Å². The number of ketones is 1. The van der Waals surface area contributed by atoms with Crippen molar-refractivity contribution in [1.82, 2.24) is 10.3 Å². The zero-order valence-electron chi connectivity index (χ0n) is 15.7. The number of rotatable bonds is 5. The minimum atomic E-state index is -1.04. The number of carbonyl (C=O) groups excluding carboxylic acids is 3. The maximum Gasteiger partial charge on any atom is 0.355 e. The van der Waals surface area contributed by atoms with E-state index in [2.05, 4.69) is 16.4 Å². The summed E-state index contributed by atoms with van der Waals surface area (Å²) < 4.78 is 5.26. The third-order valence-corrected chi connectivity index (χ3v) is 4.93. The number of nitriles is 1. The van der Waals surface area contributed by atoms with Crippen LogP contribution in [0.4, 0.5) is 0 Å². The van der Waals surface area contributed by atoms with E-state index in [4.69, 9.17) is 4.74 Å². The Morgan fingerprint density at radius 1 is 1.23 bits per heavy atom. The van der Waals surface area contributed by atoms with Crippen LogP contribution in [0.1, 0.15) is 78.1 Å². The number of nitrogens with one attached hydrogen (secondary N) is 2. The Balaban J connectivity index is 2.07. The smallest absolute Gasteiger partial charge is 0.355 e. The molecular formula is C19H25N3O4. The molecule has 0 saturated heterocycles. The van der Waals surface area contributed by atoms with Gasteiger partial charge in [0.2, 0.25) is 0 Å². The number of aryl methyl sites for hydroxylation is 1. The number of aromatic amines is 1. The summed E-state index contributed by atoms with van der Waals surface area (Å²) >= 11 is 0. The van der Waals surface area contributed by atoms with Gasteiger partial charge in [0.1, 0.15) is 11.2 Å². The maximum atomic E-state index is 12.4. The van der Waals surface area contributed by atoms with Gasteiger partial charge in [0, 0.05) is 11.3 Å². The van der Waals surface area contributed by atoms with Gasteiger partial charge in [0.25, 0.3) is 5.91 Å². The van der Waals surface area contributed by atoms with Crippen molar-refractivity contribution >= 4 is 17.7 Å². The Bertz CT molecular complexity index is 766. The van der Waals surface area contributed by atoms with Gasteiger partial charge in [0.05, 0.1) is 6.07 Å². The van der Waals surface area contributed by atoms with E-state index in [1.807, 2.05) is 0 Å². The fourth-order valence-corrected chi connectivity index (χ4v) is 3.51. The van der Waals surface area contributed by atoms with Crippen LogP contribution in [0.25, 0.3) is 0 Å². The molecule has 1 aromatic heterocycles.